The number of carbonyl (C=O) groups excluding carboxylic acids is 1. The highest BCUT2D eigenvalue weighted by Gasteiger charge is 2.29. The first-order chi connectivity index (χ1) is 15.8. The molecule has 0 unspecified atom stereocenters. The van der Waals surface area contributed by atoms with Crippen molar-refractivity contribution in [3.8, 4) is 11.8 Å². The van der Waals surface area contributed by atoms with Crippen LogP contribution in [0.25, 0.3) is 0 Å². The van der Waals surface area contributed by atoms with E-state index in [2.05, 4.69) is 11.6 Å². The number of nitrogens with zero attached hydrogens (tertiary/aromatic N) is 3. The molecule has 1 atom stereocenters. The number of carbonyl (C=O) groups is 1. The smallest absolute Gasteiger partial charge is 0.264 e. The van der Waals surface area contributed by atoms with Gasteiger partial charge in [-0.1, -0.05) is 23.7 Å². The summed E-state index contributed by atoms with van der Waals surface area (Å²) in [5.74, 6) is -1.29. The third-order valence-corrected chi connectivity index (χ3v) is 6.94. The molecule has 0 saturated carbocycles. The second-order valence-electron chi connectivity index (χ2n) is 6.85. The van der Waals surface area contributed by atoms with Crippen molar-refractivity contribution >= 4 is 33.1 Å². The maximum absolute atomic E-state index is 13.5. The summed E-state index contributed by atoms with van der Waals surface area (Å²) in [5.41, 5.74) is 0.561. The summed E-state index contributed by atoms with van der Waals surface area (Å²) < 4.78 is 33.3. The zero-order chi connectivity index (χ0) is 24.0. The van der Waals surface area contributed by atoms with E-state index in [0.29, 0.717) is 11.4 Å². The molecule has 3 rings (SSSR count). The van der Waals surface area contributed by atoms with E-state index in [0.717, 1.165) is 4.31 Å². The Kier molecular flexibility index (Phi) is 7.48. The average Bonchev–Trinajstić information content (AvgIpc) is 2.83. The summed E-state index contributed by atoms with van der Waals surface area (Å²) in [7, 11) is -2.58. The van der Waals surface area contributed by atoms with E-state index in [9.17, 15) is 18.5 Å². The van der Waals surface area contributed by atoms with Gasteiger partial charge in [0.15, 0.2) is 11.7 Å². The zero-order valence-corrected chi connectivity index (χ0v) is 19.3. The molecule has 0 radical (unpaired) electrons. The third-order valence-electron chi connectivity index (χ3n) is 4.82. The van der Waals surface area contributed by atoms with E-state index in [1.807, 2.05) is 6.07 Å². The number of ether oxygens (including phenoxy) is 1. The fourth-order valence-corrected chi connectivity index (χ4v) is 4.82. The van der Waals surface area contributed by atoms with E-state index in [4.69, 9.17) is 16.3 Å². The lowest BCUT2D eigenvalue weighted by molar-refractivity contribution is 0.0977. The second kappa shape index (κ2) is 10.3. The molecule has 0 aliphatic heterocycles. The van der Waals surface area contributed by atoms with Crippen LogP contribution in [0.15, 0.2) is 84.4 Å². The molecule has 0 bridgehead atoms. The van der Waals surface area contributed by atoms with Crippen LogP contribution in [0.2, 0.25) is 5.02 Å². The topological polar surface area (TPSA) is 100 Å². The Morgan fingerprint density at radius 3 is 2.55 bits per heavy atom. The summed E-state index contributed by atoms with van der Waals surface area (Å²) in [6.45, 7) is 3.64. The molecule has 1 heterocycles. The first kappa shape index (κ1) is 24.0. The van der Waals surface area contributed by atoms with Crippen LogP contribution in [0.5, 0.6) is 5.75 Å². The normalized spacial score (nSPS) is 11.8. The molecule has 9 heteroatoms. The predicted octanol–water partition coefficient (Wildman–Crippen LogP) is 4.61. The van der Waals surface area contributed by atoms with Crippen molar-refractivity contribution in [1.82, 2.24) is 4.98 Å². The molecule has 0 aliphatic carbocycles. The highest BCUT2D eigenvalue weighted by molar-refractivity contribution is 7.92. The van der Waals surface area contributed by atoms with Crippen molar-refractivity contribution in [2.24, 2.45) is 0 Å². The van der Waals surface area contributed by atoms with Gasteiger partial charge in [0.2, 0.25) is 0 Å². The highest BCUT2D eigenvalue weighted by atomic mass is 35.5. The quantitative estimate of drug-likeness (QED) is 0.326. The molecule has 33 heavy (non-hydrogen) atoms. The van der Waals surface area contributed by atoms with Crippen LogP contribution in [-0.4, -0.2) is 32.8 Å². The molecule has 0 N–H and O–H groups in total. The Balaban J connectivity index is 2.05. The fraction of sp³-hybridized carbons (Fsp3) is 0.125. The van der Waals surface area contributed by atoms with Gasteiger partial charge in [-0.05, 0) is 54.6 Å². The van der Waals surface area contributed by atoms with Crippen molar-refractivity contribution in [3.05, 3.63) is 95.8 Å². The Morgan fingerprint density at radius 2 is 1.97 bits per heavy atom. The Morgan fingerprint density at radius 1 is 1.24 bits per heavy atom. The van der Waals surface area contributed by atoms with Gasteiger partial charge >= 0.3 is 0 Å². The van der Waals surface area contributed by atoms with Crippen LogP contribution in [0.1, 0.15) is 22.0 Å². The zero-order valence-electron chi connectivity index (χ0n) is 17.7. The summed E-state index contributed by atoms with van der Waals surface area (Å²) in [4.78, 5) is 17.0. The number of nitriles is 1. The summed E-state index contributed by atoms with van der Waals surface area (Å²) in [5, 5.41) is 9.62. The second-order valence-corrected chi connectivity index (χ2v) is 9.11. The van der Waals surface area contributed by atoms with Gasteiger partial charge < -0.3 is 4.74 Å². The number of hydrogen-bond acceptors (Lipinski definition) is 6. The lowest BCUT2D eigenvalue weighted by atomic mass is 9.95. The van der Waals surface area contributed by atoms with Gasteiger partial charge in [0, 0.05) is 11.8 Å². The molecular formula is C24H20ClN3O4S. The van der Waals surface area contributed by atoms with Crippen LogP contribution in [0.3, 0.4) is 0 Å². The number of hydrogen-bond donors (Lipinski definition) is 0. The van der Waals surface area contributed by atoms with Crippen molar-refractivity contribution in [2.45, 2.75) is 10.8 Å². The number of anilines is 1. The van der Waals surface area contributed by atoms with Crippen molar-refractivity contribution in [1.29, 1.82) is 5.26 Å². The number of methoxy groups -OCH3 is 1. The van der Waals surface area contributed by atoms with Crippen LogP contribution in [-0.2, 0) is 10.0 Å². The van der Waals surface area contributed by atoms with Gasteiger partial charge in [0.05, 0.1) is 41.0 Å². The molecule has 0 fully saturated rings. The monoisotopic (exact) mass is 481 g/mol. The Labute approximate surface area is 197 Å². The molecule has 0 saturated heterocycles. The van der Waals surface area contributed by atoms with Gasteiger partial charge in [-0.15, -0.1) is 6.58 Å². The molecule has 0 spiro atoms. The Hall–Kier alpha value is -3.67. The van der Waals surface area contributed by atoms with Crippen LogP contribution >= 0.6 is 11.6 Å². The number of Topliss-reactive ketones (excluding diaryl/α,β-unsaturated/α-hetero) is 1. The number of sulfonamides is 1. The van der Waals surface area contributed by atoms with Crippen LogP contribution in [0, 0.1) is 11.3 Å². The summed E-state index contributed by atoms with van der Waals surface area (Å²) in [6.07, 6.45) is 2.92. The largest absolute Gasteiger partial charge is 0.497 e. The minimum absolute atomic E-state index is 0.00464. The molecular weight excluding hydrogens is 462 g/mol. The van der Waals surface area contributed by atoms with Crippen molar-refractivity contribution in [2.75, 3.05) is 18.0 Å². The minimum Gasteiger partial charge on any atom is -0.497 e. The first-order valence-electron chi connectivity index (χ1n) is 9.75. The molecule has 168 valence electrons. The van der Waals surface area contributed by atoms with Gasteiger partial charge in [-0.2, -0.15) is 5.26 Å². The molecule has 0 aliphatic rings. The van der Waals surface area contributed by atoms with Crippen LogP contribution < -0.4 is 9.04 Å². The number of halogens is 1. The molecule has 1 aromatic heterocycles. The summed E-state index contributed by atoms with van der Waals surface area (Å²) >= 11 is 6.23. The Bertz CT molecular complexity index is 1300. The van der Waals surface area contributed by atoms with Gasteiger partial charge in [-0.3, -0.25) is 14.1 Å². The highest BCUT2D eigenvalue weighted by Crippen LogP contribution is 2.30. The predicted molar refractivity (Wildman–Crippen MR) is 126 cm³/mol. The first-order valence-corrected chi connectivity index (χ1v) is 11.6. The van der Waals surface area contributed by atoms with E-state index >= 15 is 0 Å². The number of benzene rings is 2. The lowest BCUT2D eigenvalue weighted by Gasteiger charge is -2.24. The van der Waals surface area contributed by atoms with E-state index in [1.54, 1.807) is 42.5 Å². The third kappa shape index (κ3) is 5.06. The van der Waals surface area contributed by atoms with Crippen molar-refractivity contribution < 1.29 is 17.9 Å². The number of pyridine rings is 1. The van der Waals surface area contributed by atoms with E-state index in [-0.39, 0.29) is 27.7 Å². The molecule has 0 amide bonds. The minimum atomic E-state index is -4.09. The maximum Gasteiger partial charge on any atom is 0.264 e. The molecule has 2 aromatic carbocycles. The number of rotatable bonds is 9. The van der Waals surface area contributed by atoms with E-state index in [1.165, 1.54) is 37.6 Å². The van der Waals surface area contributed by atoms with Crippen LogP contribution in [0.4, 0.5) is 5.69 Å². The SMILES string of the molecule is C=CCN(c1ccc(OC)cc1)S(=O)(=O)c1ccc(Cl)c(C(=O)[C@H](C#N)c2ccccn2)c1. The number of aromatic nitrogens is 1. The summed E-state index contributed by atoms with van der Waals surface area (Å²) in [6, 6.07) is 17.1. The number of ketones is 1. The van der Waals surface area contributed by atoms with Gasteiger partial charge in [0.1, 0.15) is 5.75 Å². The van der Waals surface area contributed by atoms with Gasteiger partial charge in [0.25, 0.3) is 10.0 Å². The molecule has 7 nitrogen and oxygen atoms in total. The van der Waals surface area contributed by atoms with E-state index < -0.39 is 21.7 Å². The lowest BCUT2D eigenvalue weighted by Crippen LogP contribution is -2.31. The average molecular weight is 482 g/mol. The van der Waals surface area contributed by atoms with Gasteiger partial charge in [-0.25, -0.2) is 8.42 Å². The standard InChI is InChI=1S/C24H20ClN3O4S/c1-3-14-28(17-7-9-18(32-2)10-8-17)33(30,31)19-11-12-22(25)20(15-19)24(29)21(16-26)23-6-4-5-13-27-23/h3-13,15,21H,1,14H2,2H3/t21-/m1/s1. The van der Waals surface area contributed by atoms with Crippen molar-refractivity contribution in [3.63, 3.8) is 0 Å². The molecule has 3 aromatic rings. The fourth-order valence-electron chi connectivity index (χ4n) is 3.15. The maximum atomic E-state index is 13.5.